The maximum absolute atomic E-state index is 12.4. The van der Waals surface area contributed by atoms with Gasteiger partial charge < -0.3 is 10.1 Å². The SMILES string of the molecule is CCCc1cc(C(=O)N[C@H](CC)[C@H]2CCCO2)sc1C. The van der Waals surface area contributed by atoms with E-state index in [0.717, 1.165) is 43.6 Å². The maximum Gasteiger partial charge on any atom is 0.261 e. The number of nitrogens with one attached hydrogen (secondary N) is 1. The Morgan fingerprint density at radius 1 is 1.55 bits per heavy atom. The van der Waals surface area contributed by atoms with E-state index in [2.05, 4.69) is 32.2 Å². The number of thiophene rings is 1. The van der Waals surface area contributed by atoms with Crippen LogP contribution < -0.4 is 5.32 Å². The Hall–Kier alpha value is -0.870. The normalized spacial score (nSPS) is 20.1. The molecule has 1 aromatic rings. The van der Waals surface area contributed by atoms with Crippen LogP contribution in [0.2, 0.25) is 0 Å². The molecule has 1 fully saturated rings. The van der Waals surface area contributed by atoms with E-state index in [1.165, 1.54) is 10.4 Å². The molecule has 3 nitrogen and oxygen atoms in total. The molecule has 1 aromatic heterocycles. The maximum atomic E-state index is 12.4. The molecule has 4 heteroatoms. The van der Waals surface area contributed by atoms with Crippen LogP contribution in [0.5, 0.6) is 0 Å². The molecule has 1 aliphatic heterocycles. The standard InChI is InChI=1S/C16H25NO2S/c1-4-7-12-10-15(20-11(12)3)16(18)17-13(5-2)14-8-6-9-19-14/h10,13-14H,4-9H2,1-3H3,(H,17,18)/t13-,14-/m1/s1. The fourth-order valence-corrected chi connectivity index (χ4v) is 3.74. The number of carbonyl (C=O) groups is 1. The summed E-state index contributed by atoms with van der Waals surface area (Å²) in [6.07, 6.45) is 5.45. The van der Waals surface area contributed by atoms with Crippen LogP contribution in [0, 0.1) is 6.92 Å². The molecule has 0 aliphatic carbocycles. The highest BCUT2D eigenvalue weighted by Gasteiger charge is 2.26. The molecule has 112 valence electrons. The summed E-state index contributed by atoms with van der Waals surface area (Å²) < 4.78 is 5.70. The second kappa shape index (κ2) is 7.23. The van der Waals surface area contributed by atoms with Crippen molar-refractivity contribution in [3.05, 3.63) is 21.4 Å². The largest absolute Gasteiger partial charge is 0.376 e. The fourth-order valence-electron chi connectivity index (χ4n) is 2.77. The minimum absolute atomic E-state index is 0.0582. The first-order valence-electron chi connectivity index (χ1n) is 7.67. The minimum atomic E-state index is 0.0582. The molecular weight excluding hydrogens is 270 g/mol. The molecule has 20 heavy (non-hydrogen) atoms. The first-order valence-corrected chi connectivity index (χ1v) is 8.49. The molecule has 0 radical (unpaired) electrons. The summed E-state index contributed by atoms with van der Waals surface area (Å²) in [6.45, 7) is 7.20. The van der Waals surface area contributed by atoms with E-state index >= 15 is 0 Å². The zero-order valence-corrected chi connectivity index (χ0v) is 13.5. The molecule has 0 aromatic carbocycles. The number of carbonyl (C=O) groups excluding carboxylic acids is 1. The number of amides is 1. The van der Waals surface area contributed by atoms with Gasteiger partial charge in [0.1, 0.15) is 0 Å². The lowest BCUT2D eigenvalue weighted by atomic mass is 10.1. The van der Waals surface area contributed by atoms with Gasteiger partial charge in [-0.1, -0.05) is 20.3 Å². The molecule has 0 spiro atoms. The molecule has 0 saturated carbocycles. The number of hydrogen-bond acceptors (Lipinski definition) is 3. The van der Waals surface area contributed by atoms with Crippen molar-refractivity contribution in [3.63, 3.8) is 0 Å². The third-order valence-electron chi connectivity index (χ3n) is 3.93. The van der Waals surface area contributed by atoms with Crippen LogP contribution in [0.15, 0.2) is 6.07 Å². The van der Waals surface area contributed by atoms with E-state index in [1.807, 2.05) is 0 Å². The second-order valence-corrected chi connectivity index (χ2v) is 6.74. The van der Waals surface area contributed by atoms with Crippen LogP contribution in [0.3, 0.4) is 0 Å². The van der Waals surface area contributed by atoms with Gasteiger partial charge in [-0.15, -0.1) is 11.3 Å². The first kappa shape index (κ1) is 15.5. The van der Waals surface area contributed by atoms with Crippen molar-refractivity contribution < 1.29 is 9.53 Å². The number of ether oxygens (including phenoxy) is 1. The number of hydrogen-bond donors (Lipinski definition) is 1. The third kappa shape index (κ3) is 3.61. The van der Waals surface area contributed by atoms with Gasteiger partial charge in [-0.05, 0) is 44.2 Å². The number of rotatable bonds is 6. The summed E-state index contributed by atoms with van der Waals surface area (Å²) in [5.41, 5.74) is 1.31. The van der Waals surface area contributed by atoms with E-state index in [1.54, 1.807) is 11.3 Å². The lowest BCUT2D eigenvalue weighted by Crippen LogP contribution is -2.42. The number of aryl methyl sites for hydroxylation is 2. The summed E-state index contributed by atoms with van der Waals surface area (Å²) in [4.78, 5) is 14.5. The van der Waals surface area contributed by atoms with Crippen LogP contribution in [0.4, 0.5) is 0 Å². The molecule has 1 aliphatic rings. The van der Waals surface area contributed by atoms with Gasteiger partial charge in [-0.3, -0.25) is 4.79 Å². The Morgan fingerprint density at radius 2 is 2.35 bits per heavy atom. The van der Waals surface area contributed by atoms with E-state index in [4.69, 9.17) is 4.74 Å². The Labute approximate surface area is 125 Å². The van der Waals surface area contributed by atoms with Gasteiger partial charge in [-0.25, -0.2) is 0 Å². The highest BCUT2D eigenvalue weighted by molar-refractivity contribution is 7.14. The van der Waals surface area contributed by atoms with Gasteiger partial charge in [0.25, 0.3) is 5.91 Å². The monoisotopic (exact) mass is 295 g/mol. The van der Waals surface area contributed by atoms with Gasteiger partial charge in [0.15, 0.2) is 0 Å². The molecule has 0 bridgehead atoms. The Kier molecular flexibility index (Phi) is 5.61. The van der Waals surface area contributed by atoms with Crippen molar-refractivity contribution >= 4 is 17.2 Å². The van der Waals surface area contributed by atoms with Gasteiger partial charge in [0.05, 0.1) is 17.0 Å². The van der Waals surface area contributed by atoms with Crippen molar-refractivity contribution in [1.29, 1.82) is 0 Å². The van der Waals surface area contributed by atoms with Crippen molar-refractivity contribution in [2.24, 2.45) is 0 Å². The molecular formula is C16H25NO2S. The van der Waals surface area contributed by atoms with Gasteiger partial charge in [-0.2, -0.15) is 0 Å². The topological polar surface area (TPSA) is 38.3 Å². The third-order valence-corrected chi connectivity index (χ3v) is 5.03. The summed E-state index contributed by atoms with van der Waals surface area (Å²) in [6, 6.07) is 2.20. The van der Waals surface area contributed by atoms with Crippen LogP contribution in [0.25, 0.3) is 0 Å². The van der Waals surface area contributed by atoms with Crippen molar-refractivity contribution in [2.75, 3.05) is 6.61 Å². The zero-order valence-electron chi connectivity index (χ0n) is 12.7. The van der Waals surface area contributed by atoms with Gasteiger partial charge in [0.2, 0.25) is 0 Å². The highest BCUT2D eigenvalue weighted by Crippen LogP contribution is 2.24. The Bertz CT molecular complexity index is 449. The van der Waals surface area contributed by atoms with E-state index in [9.17, 15) is 4.79 Å². The Balaban J connectivity index is 2.01. The van der Waals surface area contributed by atoms with E-state index in [-0.39, 0.29) is 18.1 Å². The van der Waals surface area contributed by atoms with Gasteiger partial charge in [0, 0.05) is 11.5 Å². The Morgan fingerprint density at radius 3 is 2.95 bits per heavy atom. The molecule has 1 N–H and O–H groups in total. The van der Waals surface area contributed by atoms with Crippen LogP contribution in [0.1, 0.15) is 59.6 Å². The van der Waals surface area contributed by atoms with Crippen LogP contribution in [-0.2, 0) is 11.2 Å². The smallest absolute Gasteiger partial charge is 0.261 e. The zero-order chi connectivity index (χ0) is 14.5. The second-order valence-electron chi connectivity index (χ2n) is 5.48. The molecule has 2 rings (SSSR count). The van der Waals surface area contributed by atoms with Crippen molar-refractivity contribution in [3.8, 4) is 0 Å². The molecule has 1 saturated heterocycles. The molecule has 2 heterocycles. The molecule has 0 unspecified atom stereocenters. The lowest BCUT2D eigenvalue weighted by molar-refractivity contribution is 0.0667. The lowest BCUT2D eigenvalue weighted by Gasteiger charge is -2.22. The first-order chi connectivity index (χ1) is 9.65. The average Bonchev–Trinajstić information content (AvgIpc) is 3.07. The predicted molar refractivity (Wildman–Crippen MR) is 83.6 cm³/mol. The van der Waals surface area contributed by atoms with E-state index in [0.29, 0.717) is 0 Å². The minimum Gasteiger partial charge on any atom is -0.376 e. The molecule has 2 atom stereocenters. The van der Waals surface area contributed by atoms with Crippen molar-refractivity contribution in [1.82, 2.24) is 5.32 Å². The predicted octanol–water partition coefficient (Wildman–Crippen LogP) is 3.70. The van der Waals surface area contributed by atoms with Crippen LogP contribution >= 0.6 is 11.3 Å². The quantitative estimate of drug-likeness (QED) is 0.869. The average molecular weight is 295 g/mol. The summed E-state index contributed by atoms with van der Waals surface area (Å²) in [5, 5.41) is 3.15. The summed E-state index contributed by atoms with van der Waals surface area (Å²) in [5.74, 6) is 0.0582. The summed E-state index contributed by atoms with van der Waals surface area (Å²) >= 11 is 1.60. The van der Waals surface area contributed by atoms with Gasteiger partial charge >= 0.3 is 0 Å². The highest BCUT2D eigenvalue weighted by atomic mass is 32.1. The van der Waals surface area contributed by atoms with Crippen molar-refractivity contribution in [2.45, 2.75) is 65.0 Å². The molecule has 1 amide bonds. The van der Waals surface area contributed by atoms with Crippen LogP contribution in [-0.4, -0.2) is 24.7 Å². The summed E-state index contributed by atoms with van der Waals surface area (Å²) in [7, 11) is 0. The van der Waals surface area contributed by atoms with E-state index < -0.39 is 0 Å². The fraction of sp³-hybridized carbons (Fsp3) is 0.688.